The molecule has 0 fully saturated rings. The summed E-state index contributed by atoms with van der Waals surface area (Å²) in [5.41, 5.74) is 0.247. The van der Waals surface area contributed by atoms with Crippen molar-refractivity contribution in [3.8, 4) is 0 Å². The average molecular weight is 284 g/mol. The van der Waals surface area contributed by atoms with E-state index in [-0.39, 0.29) is 11.1 Å². The molecule has 0 bridgehead atoms. The quantitative estimate of drug-likeness (QED) is 0.857. The Labute approximate surface area is 121 Å². The number of nitrogens with one attached hydrogen (secondary N) is 1. The van der Waals surface area contributed by atoms with Gasteiger partial charge >= 0.3 is 0 Å². The van der Waals surface area contributed by atoms with Gasteiger partial charge in [-0.15, -0.1) is 0 Å². The summed E-state index contributed by atoms with van der Waals surface area (Å²) in [6.45, 7) is 8.34. The molecule has 1 N–H and O–H groups in total. The fourth-order valence-electron chi connectivity index (χ4n) is 2.56. The molecule has 1 aromatic carbocycles. The molecule has 0 aromatic heterocycles. The van der Waals surface area contributed by atoms with Crippen molar-refractivity contribution >= 4 is 0 Å². The molecule has 0 aliphatic rings. The van der Waals surface area contributed by atoms with Crippen LogP contribution in [0.1, 0.15) is 44.4 Å². The number of rotatable bonds is 6. The van der Waals surface area contributed by atoms with Gasteiger partial charge in [0.25, 0.3) is 0 Å². The summed E-state index contributed by atoms with van der Waals surface area (Å²) in [6.07, 6.45) is 0.782. The second-order valence-electron chi connectivity index (χ2n) is 5.69. The highest BCUT2D eigenvalue weighted by atomic mass is 19.1. The lowest BCUT2D eigenvalue weighted by Crippen LogP contribution is -2.51. The molecule has 0 saturated carbocycles. The Balaban J connectivity index is 3.45. The Morgan fingerprint density at radius 2 is 1.85 bits per heavy atom. The van der Waals surface area contributed by atoms with Gasteiger partial charge in [0.1, 0.15) is 11.6 Å². The average Bonchev–Trinajstić information content (AvgIpc) is 2.41. The van der Waals surface area contributed by atoms with Crippen LogP contribution in [0.15, 0.2) is 12.1 Å². The first-order chi connectivity index (χ1) is 9.29. The molecule has 2 nitrogen and oxygen atoms in total. The van der Waals surface area contributed by atoms with Gasteiger partial charge in [0.05, 0.1) is 6.04 Å². The molecule has 0 aliphatic carbocycles. The standard InChI is InChI=1S/C16H26F2N2/c1-7-16(4,20(5)6)15(19-8-2)13-12(17)10-9-11(3)14(13)18/h9-10,15,19H,7-8H2,1-6H3. The lowest BCUT2D eigenvalue weighted by Gasteiger charge is -2.43. The smallest absolute Gasteiger partial charge is 0.133 e. The second kappa shape index (κ2) is 6.64. The number of aryl methyl sites for hydroxylation is 1. The van der Waals surface area contributed by atoms with Crippen molar-refractivity contribution in [1.82, 2.24) is 10.2 Å². The molecule has 1 rings (SSSR count). The van der Waals surface area contributed by atoms with Crippen LogP contribution in [0.25, 0.3) is 0 Å². The van der Waals surface area contributed by atoms with E-state index in [1.54, 1.807) is 6.92 Å². The highest BCUT2D eigenvalue weighted by Crippen LogP contribution is 2.36. The minimum Gasteiger partial charge on any atom is -0.308 e. The predicted molar refractivity (Wildman–Crippen MR) is 79.9 cm³/mol. The zero-order valence-corrected chi connectivity index (χ0v) is 13.3. The van der Waals surface area contributed by atoms with Crippen LogP contribution in [-0.2, 0) is 0 Å². The van der Waals surface area contributed by atoms with Gasteiger partial charge in [-0.2, -0.15) is 0 Å². The third kappa shape index (κ3) is 3.01. The van der Waals surface area contributed by atoms with Gasteiger partial charge < -0.3 is 10.2 Å². The van der Waals surface area contributed by atoms with E-state index in [1.807, 2.05) is 39.8 Å². The number of nitrogens with zero attached hydrogens (tertiary/aromatic N) is 1. The maximum Gasteiger partial charge on any atom is 0.133 e. The van der Waals surface area contributed by atoms with E-state index in [4.69, 9.17) is 0 Å². The molecule has 20 heavy (non-hydrogen) atoms. The van der Waals surface area contributed by atoms with Gasteiger partial charge in [-0.3, -0.25) is 0 Å². The third-order valence-electron chi connectivity index (χ3n) is 4.38. The topological polar surface area (TPSA) is 15.3 Å². The number of hydrogen-bond donors (Lipinski definition) is 1. The van der Waals surface area contributed by atoms with E-state index >= 15 is 0 Å². The Hall–Kier alpha value is -1.00. The van der Waals surface area contributed by atoms with Gasteiger partial charge in [-0.1, -0.05) is 19.9 Å². The van der Waals surface area contributed by atoms with E-state index < -0.39 is 17.7 Å². The molecule has 0 spiro atoms. The van der Waals surface area contributed by atoms with Crippen molar-refractivity contribution in [3.05, 3.63) is 34.9 Å². The SMILES string of the molecule is CCNC(c1c(F)ccc(C)c1F)C(C)(CC)N(C)C. The highest BCUT2D eigenvalue weighted by Gasteiger charge is 2.38. The van der Waals surface area contributed by atoms with Gasteiger partial charge in [0.2, 0.25) is 0 Å². The Morgan fingerprint density at radius 3 is 2.30 bits per heavy atom. The number of benzene rings is 1. The van der Waals surface area contributed by atoms with Crippen molar-refractivity contribution in [3.63, 3.8) is 0 Å². The van der Waals surface area contributed by atoms with Crippen molar-refractivity contribution in [2.45, 2.75) is 45.7 Å². The summed E-state index contributed by atoms with van der Waals surface area (Å²) in [7, 11) is 3.89. The minimum absolute atomic E-state index is 0.143. The van der Waals surface area contributed by atoms with E-state index in [2.05, 4.69) is 5.32 Å². The third-order valence-corrected chi connectivity index (χ3v) is 4.38. The monoisotopic (exact) mass is 284 g/mol. The minimum atomic E-state index is -0.486. The second-order valence-corrected chi connectivity index (χ2v) is 5.69. The van der Waals surface area contributed by atoms with Crippen LogP contribution in [0, 0.1) is 18.6 Å². The van der Waals surface area contributed by atoms with Crippen LogP contribution in [-0.4, -0.2) is 31.1 Å². The van der Waals surface area contributed by atoms with Crippen molar-refractivity contribution in [1.29, 1.82) is 0 Å². The van der Waals surface area contributed by atoms with Crippen LogP contribution in [0.5, 0.6) is 0 Å². The van der Waals surface area contributed by atoms with Gasteiger partial charge in [0, 0.05) is 11.1 Å². The summed E-state index contributed by atoms with van der Waals surface area (Å²) < 4.78 is 28.7. The lowest BCUT2D eigenvalue weighted by atomic mass is 9.82. The molecule has 2 unspecified atom stereocenters. The van der Waals surface area contributed by atoms with E-state index in [9.17, 15) is 8.78 Å². The molecular formula is C16H26F2N2. The first-order valence-electron chi connectivity index (χ1n) is 7.14. The molecule has 0 heterocycles. The summed E-state index contributed by atoms with van der Waals surface area (Å²) in [5.74, 6) is -0.932. The largest absolute Gasteiger partial charge is 0.308 e. The molecule has 0 radical (unpaired) electrons. The van der Waals surface area contributed by atoms with E-state index in [0.717, 1.165) is 6.42 Å². The van der Waals surface area contributed by atoms with Crippen molar-refractivity contribution in [2.75, 3.05) is 20.6 Å². The molecule has 2 atom stereocenters. The molecular weight excluding hydrogens is 258 g/mol. The van der Waals surface area contributed by atoms with Crippen LogP contribution < -0.4 is 5.32 Å². The van der Waals surface area contributed by atoms with Crippen LogP contribution >= 0.6 is 0 Å². The fraction of sp³-hybridized carbons (Fsp3) is 0.625. The maximum atomic E-state index is 14.5. The predicted octanol–water partition coefficient (Wildman–Crippen LogP) is 3.65. The zero-order chi connectivity index (χ0) is 15.5. The molecule has 0 amide bonds. The van der Waals surface area contributed by atoms with E-state index in [1.165, 1.54) is 12.1 Å². The van der Waals surface area contributed by atoms with Gasteiger partial charge in [-0.05, 0) is 52.5 Å². The Morgan fingerprint density at radius 1 is 1.25 bits per heavy atom. The summed E-state index contributed by atoms with van der Waals surface area (Å²) in [5, 5.41) is 3.26. The number of hydrogen-bond acceptors (Lipinski definition) is 2. The lowest BCUT2D eigenvalue weighted by molar-refractivity contribution is 0.109. The fourth-order valence-corrected chi connectivity index (χ4v) is 2.56. The van der Waals surface area contributed by atoms with Crippen molar-refractivity contribution < 1.29 is 8.78 Å². The van der Waals surface area contributed by atoms with Gasteiger partial charge in [-0.25, -0.2) is 8.78 Å². The van der Waals surface area contributed by atoms with E-state index in [0.29, 0.717) is 12.1 Å². The number of halogens is 2. The van der Waals surface area contributed by atoms with Crippen LogP contribution in [0.4, 0.5) is 8.78 Å². The van der Waals surface area contributed by atoms with Crippen LogP contribution in [0.3, 0.4) is 0 Å². The Kier molecular flexibility index (Phi) is 5.66. The summed E-state index contributed by atoms with van der Waals surface area (Å²) in [6, 6.07) is 2.44. The maximum absolute atomic E-state index is 14.5. The van der Waals surface area contributed by atoms with Crippen LogP contribution in [0.2, 0.25) is 0 Å². The molecule has 114 valence electrons. The molecule has 4 heteroatoms. The summed E-state index contributed by atoms with van der Waals surface area (Å²) in [4.78, 5) is 2.03. The molecule has 1 aromatic rings. The molecule has 0 saturated heterocycles. The first kappa shape index (κ1) is 17.1. The number of likely N-dealkylation sites (N-methyl/N-ethyl adjacent to an activating group) is 2. The highest BCUT2D eigenvalue weighted by molar-refractivity contribution is 5.31. The van der Waals surface area contributed by atoms with Crippen molar-refractivity contribution in [2.24, 2.45) is 0 Å². The Bertz CT molecular complexity index is 460. The zero-order valence-electron chi connectivity index (χ0n) is 13.3. The first-order valence-corrected chi connectivity index (χ1v) is 7.14. The van der Waals surface area contributed by atoms with Gasteiger partial charge in [0.15, 0.2) is 0 Å². The molecule has 0 aliphatic heterocycles. The normalized spacial score (nSPS) is 16.2. The summed E-state index contributed by atoms with van der Waals surface area (Å²) >= 11 is 0.